The van der Waals surface area contributed by atoms with Crippen LogP contribution in [0.25, 0.3) is 0 Å². The van der Waals surface area contributed by atoms with E-state index < -0.39 is 23.0 Å². The van der Waals surface area contributed by atoms with Crippen molar-refractivity contribution in [2.24, 2.45) is 5.41 Å². The van der Waals surface area contributed by atoms with E-state index in [0.29, 0.717) is 12.8 Å². The summed E-state index contributed by atoms with van der Waals surface area (Å²) in [5.74, 6) is -2.32. The van der Waals surface area contributed by atoms with Gasteiger partial charge in [-0.05, 0) is 47.3 Å². The minimum atomic E-state index is -1.03. The zero-order valence-electron chi connectivity index (χ0n) is 10.4. The highest BCUT2D eigenvalue weighted by Crippen LogP contribution is 2.41. The lowest BCUT2D eigenvalue weighted by atomic mass is 9.70. The summed E-state index contributed by atoms with van der Waals surface area (Å²) in [6, 6.07) is 2.46. The van der Waals surface area contributed by atoms with E-state index in [-0.39, 0.29) is 16.5 Å². The molecule has 1 aromatic rings. The number of hydrogen-bond acceptors (Lipinski definition) is 1. The van der Waals surface area contributed by atoms with Crippen molar-refractivity contribution in [1.29, 1.82) is 0 Å². The van der Waals surface area contributed by atoms with Gasteiger partial charge >= 0.3 is 5.97 Å². The Bertz CT molecular complexity index is 496. The SMILES string of the molecule is O=C(O)C1(Cc2c(F)ccc(Br)c2F)CCCCC1. The minimum Gasteiger partial charge on any atom is -0.481 e. The van der Waals surface area contributed by atoms with Crippen LogP contribution in [0.3, 0.4) is 0 Å². The number of aliphatic carboxylic acids is 1. The Hall–Kier alpha value is -0.970. The van der Waals surface area contributed by atoms with E-state index in [1.807, 2.05) is 0 Å². The van der Waals surface area contributed by atoms with E-state index in [4.69, 9.17) is 0 Å². The standard InChI is InChI=1S/C14H15BrF2O2/c15-10-4-5-11(16)9(12(10)17)8-14(13(18)19)6-2-1-3-7-14/h4-5H,1-3,6-8H2,(H,18,19). The van der Waals surface area contributed by atoms with Gasteiger partial charge in [-0.25, -0.2) is 8.78 Å². The monoisotopic (exact) mass is 332 g/mol. The molecule has 2 nitrogen and oxygen atoms in total. The smallest absolute Gasteiger partial charge is 0.309 e. The molecule has 0 heterocycles. The van der Waals surface area contributed by atoms with Crippen LogP contribution in [-0.2, 0) is 11.2 Å². The predicted molar refractivity (Wildman–Crippen MR) is 70.9 cm³/mol. The molecule has 0 aliphatic heterocycles. The van der Waals surface area contributed by atoms with Gasteiger partial charge in [0.25, 0.3) is 0 Å². The third kappa shape index (κ3) is 2.81. The van der Waals surface area contributed by atoms with Gasteiger partial charge in [0.05, 0.1) is 9.89 Å². The summed E-state index contributed by atoms with van der Waals surface area (Å²) in [5, 5.41) is 9.44. The zero-order valence-corrected chi connectivity index (χ0v) is 12.0. The van der Waals surface area contributed by atoms with Crippen LogP contribution in [0.1, 0.15) is 37.7 Å². The fraction of sp³-hybridized carbons (Fsp3) is 0.500. The second-order valence-corrected chi connectivity index (χ2v) is 6.00. The van der Waals surface area contributed by atoms with Crippen LogP contribution < -0.4 is 0 Å². The molecule has 1 aliphatic rings. The average molecular weight is 333 g/mol. The van der Waals surface area contributed by atoms with Crippen LogP contribution in [-0.4, -0.2) is 11.1 Å². The second kappa shape index (κ2) is 5.57. The third-order valence-corrected chi connectivity index (χ3v) is 4.53. The van der Waals surface area contributed by atoms with Gasteiger partial charge < -0.3 is 5.11 Å². The molecule has 0 aromatic heterocycles. The van der Waals surface area contributed by atoms with E-state index in [0.717, 1.165) is 19.3 Å². The van der Waals surface area contributed by atoms with Crippen molar-refractivity contribution in [3.8, 4) is 0 Å². The number of carboxylic acids is 1. The van der Waals surface area contributed by atoms with Gasteiger partial charge in [0.2, 0.25) is 0 Å². The Labute approximate surface area is 118 Å². The van der Waals surface area contributed by atoms with Gasteiger partial charge in [-0.3, -0.25) is 4.79 Å². The van der Waals surface area contributed by atoms with E-state index in [1.54, 1.807) is 0 Å². The molecular formula is C14H15BrF2O2. The maximum atomic E-state index is 14.0. The quantitative estimate of drug-likeness (QED) is 0.837. The highest BCUT2D eigenvalue weighted by molar-refractivity contribution is 9.10. The first-order chi connectivity index (χ1) is 8.96. The Balaban J connectivity index is 2.37. The molecule has 1 aliphatic carbocycles. The molecule has 2 rings (SSSR count). The summed E-state index contributed by atoms with van der Waals surface area (Å²) >= 11 is 3.01. The number of rotatable bonds is 3. The summed E-state index contributed by atoms with van der Waals surface area (Å²) in [6.45, 7) is 0. The minimum absolute atomic E-state index is 0.0839. The first kappa shape index (κ1) is 14.4. The molecule has 0 spiro atoms. The molecule has 104 valence electrons. The summed E-state index contributed by atoms with van der Waals surface area (Å²) in [4.78, 5) is 11.5. The topological polar surface area (TPSA) is 37.3 Å². The molecule has 0 unspecified atom stereocenters. The lowest BCUT2D eigenvalue weighted by Crippen LogP contribution is -2.36. The third-order valence-electron chi connectivity index (χ3n) is 3.92. The number of carboxylic acid groups (broad SMARTS) is 1. The summed E-state index contributed by atoms with van der Waals surface area (Å²) in [5.41, 5.74) is -1.15. The Kier molecular flexibility index (Phi) is 4.23. The second-order valence-electron chi connectivity index (χ2n) is 5.14. The van der Waals surface area contributed by atoms with Crippen molar-refractivity contribution in [1.82, 2.24) is 0 Å². The van der Waals surface area contributed by atoms with Crippen LogP contribution in [0.5, 0.6) is 0 Å². The van der Waals surface area contributed by atoms with Crippen LogP contribution in [0.15, 0.2) is 16.6 Å². The summed E-state index contributed by atoms with van der Waals surface area (Å²) in [7, 11) is 0. The van der Waals surface area contributed by atoms with Gasteiger partial charge in [-0.15, -0.1) is 0 Å². The van der Waals surface area contributed by atoms with Gasteiger partial charge in [0.1, 0.15) is 11.6 Å². The van der Waals surface area contributed by atoms with Crippen molar-refractivity contribution >= 4 is 21.9 Å². The van der Waals surface area contributed by atoms with Crippen molar-refractivity contribution in [3.05, 3.63) is 33.8 Å². The molecule has 1 saturated carbocycles. The molecule has 0 amide bonds. The van der Waals surface area contributed by atoms with Crippen molar-refractivity contribution < 1.29 is 18.7 Å². The van der Waals surface area contributed by atoms with E-state index in [9.17, 15) is 18.7 Å². The van der Waals surface area contributed by atoms with Gasteiger partial charge in [-0.1, -0.05) is 19.3 Å². The predicted octanol–water partition coefficient (Wildman–Crippen LogP) is 4.30. The molecule has 0 bridgehead atoms. The van der Waals surface area contributed by atoms with E-state index in [1.165, 1.54) is 12.1 Å². The number of hydrogen-bond donors (Lipinski definition) is 1. The molecule has 0 atom stereocenters. The van der Waals surface area contributed by atoms with Crippen molar-refractivity contribution in [3.63, 3.8) is 0 Å². The number of carbonyl (C=O) groups is 1. The molecule has 1 fully saturated rings. The average Bonchev–Trinajstić information content (AvgIpc) is 2.40. The normalized spacial score (nSPS) is 18.3. The molecule has 5 heteroatoms. The summed E-state index contributed by atoms with van der Waals surface area (Å²) < 4.78 is 27.9. The van der Waals surface area contributed by atoms with Gasteiger partial charge in [0, 0.05) is 5.56 Å². The van der Waals surface area contributed by atoms with E-state index >= 15 is 0 Å². The fourth-order valence-corrected chi connectivity index (χ4v) is 3.14. The largest absolute Gasteiger partial charge is 0.481 e. The lowest BCUT2D eigenvalue weighted by molar-refractivity contribution is -0.151. The Morgan fingerprint density at radius 3 is 2.47 bits per heavy atom. The first-order valence-electron chi connectivity index (χ1n) is 6.32. The van der Waals surface area contributed by atoms with Gasteiger partial charge in [0.15, 0.2) is 0 Å². The molecule has 0 saturated heterocycles. The van der Waals surface area contributed by atoms with Crippen LogP contribution in [0, 0.1) is 17.0 Å². The molecule has 1 N–H and O–H groups in total. The number of halogens is 3. The fourth-order valence-electron chi connectivity index (χ4n) is 2.76. The molecular weight excluding hydrogens is 318 g/mol. The van der Waals surface area contributed by atoms with Crippen LogP contribution >= 0.6 is 15.9 Å². The maximum Gasteiger partial charge on any atom is 0.309 e. The van der Waals surface area contributed by atoms with Crippen molar-refractivity contribution in [2.45, 2.75) is 38.5 Å². The Morgan fingerprint density at radius 2 is 1.89 bits per heavy atom. The highest BCUT2D eigenvalue weighted by Gasteiger charge is 2.41. The highest BCUT2D eigenvalue weighted by atomic mass is 79.9. The van der Waals surface area contributed by atoms with Gasteiger partial charge in [-0.2, -0.15) is 0 Å². The maximum absolute atomic E-state index is 14.0. The summed E-state index contributed by atoms with van der Waals surface area (Å²) in [6.07, 6.45) is 3.45. The molecule has 19 heavy (non-hydrogen) atoms. The van der Waals surface area contributed by atoms with Crippen molar-refractivity contribution in [2.75, 3.05) is 0 Å². The lowest BCUT2D eigenvalue weighted by Gasteiger charge is -2.33. The number of benzene rings is 1. The molecule has 1 aromatic carbocycles. The van der Waals surface area contributed by atoms with Crippen LogP contribution in [0.2, 0.25) is 0 Å². The Morgan fingerprint density at radius 1 is 1.26 bits per heavy atom. The molecule has 0 radical (unpaired) electrons. The van der Waals surface area contributed by atoms with E-state index in [2.05, 4.69) is 15.9 Å². The van der Waals surface area contributed by atoms with Crippen LogP contribution in [0.4, 0.5) is 8.78 Å². The zero-order chi connectivity index (χ0) is 14.0. The first-order valence-corrected chi connectivity index (χ1v) is 7.11.